The molecule has 0 aromatic heterocycles. The van der Waals surface area contributed by atoms with E-state index in [-0.39, 0.29) is 43.3 Å². The number of nitrogens with one attached hydrogen (secondary N) is 1. The SMILES string of the molecule is N#CCCNC(=O)CN1C(=O)Cc2ccc(C(=O)O)cc21. The maximum absolute atomic E-state index is 11.9. The Balaban J connectivity index is 2.14. The molecule has 21 heavy (non-hydrogen) atoms. The van der Waals surface area contributed by atoms with Gasteiger partial charge in [0.05, 0.1) is 24.5 Å². The van der Waals surface area contributed by atoms with Crippen molar-refractivity contribution in [1.29, 1.82) is 5.26 Å². The Morgan fingerprint density at radius 1 is 1.43 bits per heavy atom. The first-order chi connectivity index (χ1) is 10.0. The Morgan fingerprint density at radius 2 is 2.19 bits per heavy atom. The van der Waals surface area contributed by atoms with Gasteiger partial charge in [0.15, 0.2) is 0 Å². The molecule has 0 bridgehead atoms. The zero-order valence-corrected chi connectivity index (χ0v) is 11.1. The van der Waals surface area contributed by atoms with Gasteiger partial charge in [-0.2, -0.15) is 5.26 Å². The fraction of sp³-hybridized carbons (Fsp3) is 0.286. The lowest BCUT2D eigenvalue weighted by atomic mass is 10.1. The molecule has 0 fully saturated rings. The van der Waals surface area contributed by atoms with Crippen molar-refractivity contribution in [2.75, 3.05) is 18.0 Å². The van der Waals surface area contributed by atoms with Crippen LogP contribution < -0.4 is 10.2 Å². The van der Waals surface area contributed by atoms with Gasteiger partial charge in [0.2, 0.25) is 11.8 Å². The van der Waals surface area contributed by atoms with Crippen LogP contribution in [0.15, 0.2) is 18.2 Å². The predicted molar refractivity (Wildman–Crippen MR) is 72.7 cm³/mol. The average molecular weight is 287 g/mol. The van der Waals surface area contributed by atoms with Crippen LogP contribution in [0, 0.1) is 11.3 Å². The van der Waals surface area contributed by atoms with Gasteiger partial charge < -0.3 is 15.3 Å². The molecular formula is C14H13N3O4. The van der Waals surface area contributed by atoms with Gasteiger partial charge in [-0.1, -0.05) is 6.07 Å². The van der Waals surface area contributed by atoms with Crippen LogP contribution in [-0.4, -0.2) is 36.0 Å². The molecule has 1 aromatic carbocycles. The molecule has 1 aliphatic rings. The zero-order chi connectivity index (χ0) is 15.4. The topological polar surface area (TPSA) is 111 Å². The number of rotatable bonds is 5. The van der Waals surface area contributed by atoms with E-state index in [4.69, 9.17) is 10.4 Å². The van der Waals surface area contributed by atoms with E-state index in [0.29, 0.717) is 11.3 Å². The summed E-state index contributed by atoms with van der Waals surface area (Å²) in [6.07, 6.45) is 0.347. The molecule has 1 aliphatic heterocycles. The molecule has 7 nitrogen and oxygen atoms in total. The highest BCUT2D eigenvalue weighted by atomic mass is 16.4. The van der Waals surface area contributed by atoms with Crippen molar-refractivity contribution in [3.63, 3.8) is 0 Å². The van der Waals surface area contributed by atoms with Crippen molar-refractivity contribution >= 4 is 23.5 Å². The highest BCUT2D eigenvalue weighted by Gasteiger charge is 2.29. The smallest absolute Gasteiger partial charge is 0.335 e. The summed E-state index contributed by atoms with van der Waals surface area (Å²) >= 11 is 0. The van der Waals surface area contributed by atoms with Crippen LogP contribution in [0.25, 0.3) is 0 Å². The molecule has 2 rings (SSSR count). The minimum Gasteiger partial charge on any atom is -0.478 e. The molecule has 108 valence electrons. The number of benzene rings is 1. The van der Waals surface area contributed by atoms with Gasteiger partial charge in [0.25, 0.3) is 0 Å². The van der Waals surface area contributed by atoms with Crippen LogP contribution in [0.5, 0.6) is 0 Å². The summed E-state index contributed by atoms with van der Waals surface area (Å²) in [4.78, 5) is 35.9. The highest BCUT2D eigenvalue weighted by Crippen LogP contribution is 2.29. The maximum atomic E-state index is 11.9. The van der Waals surface area contributed by atoms with Crippen molar-refractivity contribution in [3.05, 3.63) is 29.3 Å². The molecule has 0 unspecified atom stereocenters. The van der Waals surface area contributed by atoms with E-state index in [0.717, 1.165) is 0 Å². The summed E-state index contributed by atoms with van der Waals surface area (Å²) in [5, 5.41) is 19.9. The summed E-state index contributed by atoms with van der Waals surface area (Å²) < 4.78 is 0. The third-order valence-corrected chi connectivity index (χ3v) is 3.13. The number of carbonyl (C=O) groups excluding carboxylic acids is 2. The molecule has 1 aromatic rings. The largest absolute Gasteiger partial charge is 0.478 e. The summed E-state index contributed by atoms with van der Waals surface area (Å²) in [7, 11) is 0. The van der Waals surface area contributed by atoms with Gasteiger partial charge in [-0.3, -0.25) is 9.59 Å². The van der Waals surface area contributed by atoms with Gasteiger partial charge in [-0.05, 0) is 17.7 Å². The number of hydrogen-bond acceptors (Lipinski definition) is 4. The lowest BCUT2D eigenvalue weighted by Gasteiger charge is -2.17. The predicted octanol–water partition coefficient (Wildman–Crippen LogP) is 0.304. The number of carbonyl (C=O) groups is 3. The molecule has 0 atom stereocenters. The maximum Gasteiger partial charge on any atom is 0.335 e. The van der Waals surface area contributed by atoms with Crippen LogP contribution in [0.3, 0.4) is 0 Å². The monoisotopic (exact) mass is 287 g/mol. The molecule has 1 heterocycles. The second-order valence-electron chi connectivity index (χ2n) is 4.56. The summed E-state index contributed by atoms with van der Waals surface area (Å²) in [6.45, 7) is 0.0414. The molecule has 2 amide bonds. The Hall–Kier alpha value is -2.88. The van der Waals surface area contributed by atoms with Gasteiger partial charge >= 0.3 is 5.97 Å². The van der Waals surface area contributed by atoms with E-state index < -0.39 is 5.97 Å². The van der Waals surface area contributed by atoms with E-state index in [2.05, 4.69) is 5.32 Å². The Morgan fingerprint density at radius 3 is 2.86 bits per heavy atom. The third kappa shape index (κ3) is 3.17. The number of aromatic carboxylic acids is 1. The fourth-order valence-corrected chi connectivity index (χ4v) is 2.12. The van der Waals surface area contributed by atoms with Crippen molar-refractivity contribution in [1.82, 2.24) is 5.32 Å². The van der Waals surface area contributed by atoms with Crippen molar-refractivity contribution in [3.8, 4) is 6.07 Å². The first-order valence-electron chi connectivity index (χ1n) is 6.33. The van der Waals surface area contributed by atoms with Gasteiger partial charge in [-0.25, -0.2) is 4.79 Å². The average Bonchev–Trinajstić information content (AvgIpc) is 2.74. The van der Waals surface area contributed by atoms with Gasteiger partial charge in [0, 0.05) is 12.2 Å². The molecule has 0 saturated heterocycles. The third-order valence-electron chi connectivity index (χ3n) is 3.13. The summed E-state index contributed by atoms with van der Waals surface area (Å²) in [5.41, 5.74) is 1.23. The van der Waals surface area contributed by atoms with Gasteiger partial charge in [0.1, 0.15) is 6.54 Å². The normalized spacial score (nSPS) is 12.7. The van der Waals surface area contributed by atoms with Crippen molar-refractivity contribution < 1.29 is 19.5 Å². The highest BCUT2D eigenvalue weighted by molar-refractivity contribution is 6.06. The zero-order valence-electron chi connectivity index (χ0n) is 11.1. The molecule has 0 saturated carbocycles. The van der Waals surface area contributed by atoms with E-state index in [1.165, 1.54) is 17.0 Å². The minimum atomic E-state index is -1.09. The van der Waals surface area contributed by atoms with E-state index in [1.54, 1.807) is 6.07 Å². The molecule has 7 heteroatoms. The first-order valence-corrected chi connectivity index (χ1v) is 6.33. The van der Waals surface area contributed by atoms with Crippen LogP contribution in [0.2, 0.25) is 0 Å². The van der Waals surface area contributed by atoms with Crippen LogP contribution in [0.1, 0.15) is 22.3 Å². The molecule has 0 spiro atoms. The quantitative estimate of drug-likeness (QED) is 0.757. The number of fused-ring (bicyclic) bond motifs is 1. The molecular weight excluding hydrogens is 274 g/mol. The second-order valence-corrected chi connectivity index (χ2v) is 4.56. The number of anilines is 1. The van der Waals surface area contributed by atoms with Gasteiger partial charge in [-0.15, -0.1) is 0 Å². The van der Waals surface area contributed by atoms with Crippen LogP contribution in [0.4, 0.5) is 5.69 Å². The molecule has 0 aliphatic carbocycles. The van der Waals surface area contributed by atoms with E-state index >= 15 is 0 Å². The number of hydrogen-bond donors (Lipinski definition) is 2. The fourth-order valence-electron chi connectivity index (χ4n) is 2.12. The second kappa shape index (κ2) is 6.05. The lowest BCUT2D eigenvalue weighted by molar-refractivity contribution is -0.123. The van der Waals surface area contributed by atoms with Crippen LogP contribution >= 0.6 is 0 Å². The Bertz CT molecular complexity index is 648. The van der Waals surface area contributed by atoms with Crippen molar-refractivity contribution in [2.24, 2.45) is 0 Å². The Labute approximate surface area is 120 Å². The first kappa shape index (κ1) is 14.5. The van der Waals surface area contributed by atoms with Crippen LogP contribution in [-0.2, 0) is 16.0 Å². The number of nitrogens with zero attached hydrogens (tertiary/aromatic N) is 2. The van der Waals surface area contributed by atoms with E-state index in [9.17, 15) is 14.4 Å². The standard InChI is InChI=1S/C14H13N3O4/c15-4-1-5-16-12(18)8-17-11-6-10(14(20)21)3-2-9(11)7-13(17)19/h2-3,6H,1,5,7-8H2,(H,16,18)(H,20,21). The molecule has 2 N–H and O–H groups in total. The minimum absolute atomic E-state index is 0.0679. The lowest BCUT2D eigenvalue weighted by Crippen LogP contribution is -2.39. The number of carboxylic acid groups (broad SMARTS) is 1. The number of amides is 2. The summed E-state index contributed by atoms with van der Waals surface area (Å²) in [6, 6.07) is 6.32. The Kier molecular flexibility index (Phi) is 4.18. The molecule has 0 radical (unpaired) electrons. The number of nitriles is 1. The van der Waals surface area contributed by atoms with Crippen molar-refractivity contribution in [2.45, 2.75) is 12.8 Å². The number of carboxylic acids is 1. The summed E-state index contributed by atoms with van der Waals surface area (Å²) in [5.74, 6) is -1.72. The van der Waals surface area contributed by atoms with E-state index in [1.807, 2.05) is 6.07 Å².